The number of nitrogen functional groups attached to an aromatic ring is 1. The molecule has 1 aromatic heterocycles. The molecule has 3 nitrogen and oxygen atoms in total. The Bertz CT molecular complexity index is 555. The molecule has 0 saturated carbocycles. The van der Waals surface area contributed by atoms with Crippen molar-refractivity contribution in [3.63, 3.8) is 0 Å². The molecule has 0 spiro atoms. The van der Waals surface area contributed by atoms with E-state index in [1.807, 2.05) is 6.07 Å². The second-order valence-corrected chi connectivity index (χ2v) is 4.80. The first kappa shape index (κ1) is 10.4. The summed E-state index contributed by atoms with van der Waals surface area (Å²) < 4.78 is 0. The van der Waals surface area contributed by atoms with E-state index in [9.17, 15) is 0 Å². The summed E-state index contributed by atoms with van der Waals surface area (Å²) in [6.45, 7) is 2.20. The molecule has 1 aliphatic rings. The second-order valence-electron chi connectivity index (χ2n) is 4.80. The van der Waals surface area contributed by atoms with Crippen molar-refractivity contribution in [3.05, 3.63) is 34.9 Å². The fourth-order valence-corrected chi connectivity index (χ4v) is 2.77. The van der Waals surface area contributed by atoms with Crippen LogP contribution >= 0.6 is 0 Å². The standard InChI is InChI=1S/C14H17N3/c1-9-6-7-12(13-8-14(15)17-16-13)11-5-3-2-4-10(9)11/h6-8H,2-5H2,1H3,(H3,15,16,17). The molecule has 0 saturated heterocycles. The summed E-state index contributed by atoms with van der Waals surface area (Å²) in [5.74, 6) is 0.560. The van der Waals surface area contributed by atoms with Crippen LogP contribution in [0.5, 0.6) is 0 Å². The fraction of sp³-hybridized carbons (Fsp3) is 0.357. The molecular formula is C14H17N3. The summed E-state index contributed by atoms with van der Waals surface area (Å²) in [7, 11) is 0. The third-order valence-electron chi connectivity index (χ3n) is 3.66. The van der Waals surface area contributed by atoms with Crippen molar-refractivity contribution in [1.29, 1.82) is 0 Å². The number of aryl methyl sites for hydroxylation is 1. The van der Waals surface area contributed by atoms with E-state index in [4.69, 9.17) is 5.73 Å². The first-order valence-corrected chi connectivity index (χ1v) is 6.18. The molecule has 2 aromatic rings. The van der Waals surface area contributed by atoms with Gasteiger partial charge in [0.25, 0.3) is 0 Å². The van der Waals surface area contributed by atoms with Crippen molar-refractivity contribution in [2.75, 3.05) is 5.73 Å². The van der Waals surface area contributed by atoms with Crippen LogP contribution in [0.2, 0.25) is 0 Å². The number of hydrogen-bond acceptors (Lipinski definition) is 2. The van der Waals surface area contributed by atoms with Gasteiger partial charge in [0.15, 0.2) is 0 Å². The van der Waals surface area contributed by atoms with Crippen molar-refractivity contribution in [1.82, 2.24) is 10.2 Å². The van der Waals surface area contributed by atoms with Crippen molar-refractivity contribution in [3.8, 4) is 11.3 Å². The van der Waals surface area contributed by atoms with Gasteiger partial charge in [-0.15, -0.1) is 0 Å². The van der Waals surface area contributed by atoms with Gasteiger partial charge in [-0.3, -0.25) is 5.10 Å². The summed E-state index contributed by atoms with van der Waals surface area (Å²) in [5.41, 5.74) is 12.4. The van der Waals surface area contributed by atoms with Gasteiger partial charge < -0.3 is 5.73 Å². The van der Waals surface area contributed by atoms with Crippen LogP contribution in [-0.2, 0) is 12.8 Å². The Balaban J connectivity index is 2.17. The number of nitrogens with two attached hydrogens (primary N) is 1. The lowest BCUT2D eigenvalue weighted by atomic mass is 9.84. The molecule has 0 unspecified atom stereocenters. The minimum absolute atomic E-state index is 0.560. The van der Waals surface area contributed by atoms with E-state index in [-0.39, 0.29) is 0 Å². The van der Waals surface area contributed by atoms with Gasteiger partial charge in [-0.1, -0.05) is 12.1 Å². The quantitative estimate of drug-likeness (QED) is 0.787. The molecule has 3 N–H and O–H groups in total. The predicted molar refractivity (Wildman–Crippen MR) is 69.8 cm³/mol. The fourth-order valence-electron chi connectivity index (χ4n) is 2.77. The highest BCUT2D eigenvalue weighted by Crippen LogP contribution is 2.33. The van der Waals surface area contributed by atoms with Gasteiger partial charge in [-0.25, -0.2) is 0 Å². The Hall–Kier alpha value is -1.77. The highest BCUT2D eigenvalue weighted by molar-refractivity contribution is 5.68. The number of benzene rings is 1. The molecule has 0 amide bonds. The number of nitrogens with one attached hydrogen (secondary N) is 1. The number of aromatic nitrogens is 2. The molecule has 1 heterocycles. The molecule has 0 radical (unpaired) electrons. The second kappa shape index (κ2) is 3.91. The monoisotopic (exact) mass is 227 g/mol. The number of H-pyrrole nitrogens is 1. The Morgan fingerprint density at radius 1 is 1.18 bits per heavy atom. The minimum atomic E-state index is 0.560. The van der Waals surface area contributed by atoms with Crippen LogP contribution in [0.1, 0.15) is 29.5 Å². The smallest absolute Gasteiger partial charge is 0.145 e. The van der Waals surface area contributed by atoms with Gasteiger partial charge in [0.1, 0.15) is 5.82 Å². The lowest BCUT2D eigenvalue weighted by molar-refractivity contribution is 0.683. The Kier molecular flexibility index (Phi) is 2.39. The van der Waals surface area contributed by atoms with E-state index >= 15 is 0 Å². The summed E-state index contributed by atoms with van der Waals surface area (Å²) >= 11 is 0. The van der Waals surface area contributed by atoms with Crippen LogP contribution in [0.15, 0.2) is 18.2 Å². The number of aromatic amines is 1. The zero-order chi connectivity index (χ0) is 11.8. The van der Waals surface area contributed by atoms with Crippen molar-refractivity contribution >= 4 is 5.82 Å². The zero-order valence-corrected chi connectivity index (χ0v) is 10.1. The Morgan fingerprint density at radius 3 is 2.65 bits per heavy atom. The van der Waals surface area contributed by atoms with E-state index in [0.29, 0.717) is 5.82 Å². The van der Waals surface area contributed by atoms with Crippen molar-refractivity contribution in [2.24, 2.45) is 0 Å². The normalized spacial score (nSPS) is 14.6. The maximum Gasteiger partial charge on any atom is 0.145 e. The molecule has 17 heavy (non-hydrogen) atoms. The highest BCUT2D eigenvalue weighted by Gasteiger charge is 2.17. The lowest BCUT2D eigenvalue weighted by Gasteiger charge is -2.21. The average molecular weight is 227 g/mol. The summed E-state index contributed by atoms with van der Waals surface area (Å²) in [4.78, 5) is 0. The van der Waals surface area contributed by atoms with Crippen LogP contribution in [0.3, 0.4) is 0 Å². The van der Waals surface area contributed by atoms with E-state index < -0.39 is 0 Å². The van der Waals surface area contributed by atoms with Gasteiger partial charge in [-0.05, 0) is 49.3 Å². The van der Waals surface area contributed by atoms with Crippen molar-refractivity contribution in [2.45, 2.75) is 32.6 Å². The lowest BCUT2D eigenvalue weighted by Crippen LogP contribution is -2.06. The van der Waals surface area contributed by atoms with Gasteiger partial charge in [-0.2, -0.15) is 5.10 Å². The molecule has 0 atom stereocenters. The number of nitrogens with zero attached hydrogens (tertiary/aromatic N) is 1. The summed E-state index contributed by atoms with van der Waals surface area (Å²) in [6, 6.07) is 6.31. The first-order valence-electron chi connectivity index (χ1n) is 6.18. The largest absolute Gasteiger partial charge is 0.382 e. The van der Waals surface area contributed by atoms with E-state index in [0.717, 1.165) is 5.69 Å². The molecule has 88 valence electrons. The van der Waals surface area contributed by atoms with E-state index in [2.05, 4.69) is 29.3 Å². The van der Waals surface area contributed by atoms with Gasteiger partial charge >= 0.3 is 0 Å². The molecule has 0 aliphatic heterocycles. The van der Waals surface area contributed by atoms with Gasteiger partial charge in [0.05, 0.1) is 5.69 Å². The van der Waals surface area contributed by atoms with Crippen LogP contribution in [0.4, 0.5) is 5.82 Å². The Morgan fingerprint density at radius 2 is 1.94 bits per heavy atom. The van der Waals surface area contributed by atoms with Gasteiger partial charge in [0, 0.05) is 11.6 Å². The molecule has 0 bridgehead atoms. The maximum atomic E-state index is 5.68. The van der Waals surface area contributed by atoms with Crippen LogP contribution in [-0.4, -0.2) is 10.2 Å². The van der Waals surface area contributed by atoms with Crippen LogP contribution in [0.25, 0.3) is 11.3 Å². The van der Waals surface area contributed by atoms with Crippen LogP contribution < -0.4 is 5.73 Å². The molecule has 3 rings (SSSR count). The SMILES string of the molecule is Cc1ccc(-c2cc(N)n[nH]2)c2c1CCCC2. The average Bonchev–Trinajstić information content (AvgIpc) is 2.77. The topological polar surface area (TPSA) is 54.7 Å². The number of hydrogen-bond donors (Lipinski definition) is 2. The van der Waals surface area contributed by atoms with Gasteiger partial charge in [0.2, 0.25) is 0 Å². The highest BCUT2D eigenvalue weighted by atomic mass is 15.2. The summed E-state index contributed by atoms with van der Waals surface area (Å²) in [6.07, 6.45) is 4.97. The number of fused-ring (bicyclic) bond motifs is 1. The number of anilines is 1. The predicted octanol–water partition coefficient (Wildman–Crippen LogP) is 2.85. The molecular weight excluding hydrogens is 210 g/mol. The third kappa shape index (κ3) is 1.71. The van der Waals surface area contributed by atoms with Crippen LogP contribution in [0, 0.1) is 6.92 Å². The van der Waals surface area contributed by atoms with Crippen molar-refractivity contribution < 1.29 is 0 Å². The molecule has 0 fully saturated rings. The van der Waals surface area contributed by atoms with E-state index in [1.165, 1.54) is 47.9 Å². The van der Waals surface area contributed by atoms with E-state index in [1.54, 1.807) is 0 Å². The first-order chi connectivity index (χ1) is 8.25. The number of rotatable bonds is 1. The molecule has 1 aromatic carbocycles. The minimum Gasteiger partial charge on any atom is -0.382 e. The third-order valence-corrected chi connectivity index (χ3v) is 3.66. The molecule has 3 heteroatoms. The summed E-state index contributed by atoms with van der Waals surface area (Å²) in [5, 5.41) is 7.03. The maximum absolute atomic E-state index is 5.68. The molecule has 1 aliphatic carbocycles. The Labute approximate surface area is 101 Å². The zero-order valence-electron chi connectivity index (χ0n) is 10.1.